The van der Waals surface area contributed by atoms with E-state index in [0.29, 0.717) is 0 Å². The summed E-state index contributed by atoms with van der Waals surface area (Å²) >= 11 is 0. The van der Waals surface area contributed by atoms with Gasteiger partial charge in [0.15, 0.2) is 17.4 Å². The first kappa shape index (κ1) is 26.1. The third-order valence-electron chi connectivity index (χ3n) is 4.69. The van der Waals surface area contributed by atoms with Crippen molar-refractivity contribution in [2.45, 2.75) is 38.6 Å². The van der Waals surface area contributed by atoms with Crippen molar-refractivity contribution in [1.29, 1.82) is 0 Å². The second-order valence-electron chi connectivity index (χ2n) is 7.30. The lowest BCUT2D eigenvalue weighted by atomic mass is 10.1. The average molecular weight is 506 g/mol. The first-order valence-electron chi connectivity index (χ1n) is 10.2. The summed E-state index contributed by atoms with van der Waals surface area (Å²) < 4.78 is 122. The van der Waals surface area contributed by atoms with Crippen molar-refractivity contribution in [2.24, 2.45) is 0 Å². The van der Waals surface area contributed by atoms with E-state index in [2.05, 4.69) is 14.2 Å². The Morgan fingerprint density at radius 2 is 1.17 bits per heavy atom. The van der Waals surface area contributed by atoms with Crippen molar-refractivity contribution in [2.75, 3.05) is 0 Å². The molecule has 0 spiro atoms. The van der Waals surface area contributed by atoms with Crippen molar-refractivity contribution < 1.29 is 49.3 Å². The second kappa shape index (κ2) is 10.4. The Hall–Kier alpha value is -3.50. The maximum absolute atomic E-state index is 14.4. The number of hydrogen-bond donors (Lipinski definition) is 0. The van der Waals surface area contributed by atoms with E-state index in [1.165, 1.54) is 24.3 Å². The molecule has 0 saturated carbocycles. The van der Waals surface area contributed by atoms with E-state index in [0.717, 1.165) is 42.7 Å². The molecule has 0 bridgehead atoms. The number of halogens is 8. The van der Waals surface area contributed by atoms with Crippen molar-refractivity contribution in [3.63, 3.8) is 0 Å². The van der Waals surface area contributed by atoms with Crippen LogP contribution in [0.4, 0.5) is 35.1 Å². The van der Waals surface area contributed by atoms with Crippen molar-refractivity contribution in [1.82, 2.24) is 0 Å². The van der Waals surface area contributed by atoms with Gasteiger partial charge in [0, 0.05) is 12.1 Å². The smallest absolute Gasteiger partial charge is 0.426 e. The standard InChI is InChI=1S/C24H18F8O3/c1-2-3-14-4-6-15(7-5-14)23(29,30)34-17-10-8-16(9-11-17)24(31,32)35-18-12-19(25)21(20(26)13-18)33-22(27)28/h4-13,22H,2-3H2,1H3. The van der Waals surface area contributed by atoms with Gasteiger partial charge in [-0.1, -0.05) is 25.5 Å². The fourth-order valence-corrected chi connectivity index (χ4v) is 3.08. The van der Waals surface area contributed by atoms with Gasteiger partial charge >= 0.3 is 18.8 Å². The predicted molar refractivity (Wildman–Crippen MR) is 109 cm³/mol. The fourth-order valence-electron chi connectivity index (χ4n) is 3.08. The van der Waals surface area contributed by atoms with Crippen molar-refractivity contribution in [3.05, 3.63) is 89.0 Å². The summed E-state index contributed by atoms with van der Waals surface area (Å²) in [5, 5.41) is 0. The summed E-state index contributed by atoms with van der Waals surface area (Å²) in [6.45, 7) is -1.59. The Morgan fingerprint density at radius 1 is 0.714 bits per heavy atom. The zero-order valence-electron chi connectivity index (χ0n) is 18.0. The van der Waals surface area contributed by atoms with Gasteiger partial charge in [-0.05, 0) is 48.4 Å². The van der Waals surface area contributed by atoms with Crippen LogP contribution in [0.5, 0.6) is 17.2 Å². The minimum Gasteiger partial charge on any atom is -0.429 e. The fraction of sp³-hybridized carbons (Fsp3) is 0.250. The normalized spacial score (nSPS) is 12.1. The Bertz CT molecular complexity index is 1110. The van der Waals surface area contributed by atoms with Gasteiger partial charge in [-0.3, -0.25) is 0 Å². The summed E-state index contributed by atoms with van der Waals surface area (Å²) in [7, 11) is 0. The van der Waals surface area contributed by atoms with Gasteiger partial charge < -0.3 is 14.2 Å². The van der Waals surface area contributed by atoms with Gasteiger partial charge in [0.05, 0.1) is 11.1 Å². The maximum atomic E-state index is 14.4. The molecule has 0 amide bonds. The van der Waals surface area contributed by atoms with Gasteiger partial charge in [0.1, 0.15) is 11.5 Å². The van der Waals surface area contributed by atoms with Crippen LogP contribution in [0.25, 0.3) is 0 Å². The molecule has 0 fully saturated rings. The van der Waals surface area contributed by atoms with Crippen LogP contribution < -0.4 is 14.2 Å². The van der Waals surface area contributed by atoms with E-state index in [9.17, 15) is 35.1 Å². The SMILES string of the molecule is CCCc1ccc(C(F)(F)Oc2ccc(C(F)(F)Oc3cc(F)c(OC(F)F)c(F)c3)cc2)cc1. The van der Waals surface area contributed by atoms with E-state index in [-0.39, 0.29) is 12.1 Å². The lowest BCUT2D eigenvalue weighted by Gasteiger charge is -2.21. The predicted octanol–water partition coefficient (Wildman–Crippen LogP) is 7.78. The highest BCUT2D eigenvalue weighted by atomic mass is 19.3. The molecule has 0 aliphatic heterocycles. The number of rotatable bonds is 10. The molecule has 0 atom stereocenters. The molecule has 35 heavy (non-hydrogen) atoms. The van der Waals surface area contributed by atoms with E-state index < -0.39 is 58.8 Å². The molecule has 3 nitrogen and oxygen atoms in total. The first-order chi connectivity index (χ1) is 16.4. The monoisotopic (exact) mass is 506 g/mol. The van der Waals surface area contributed by atoms with E-state index in [1.807, 2.05) is 6.92 Å². The van der Waals surface area contributed by atoms with Crippen LogP contribution in [0, 0.1) is 11.6 Å². The van der Waals surface area contributed by atoms with Crippen LogP contribution in [0.15, 0.2) is 60.7 Å². The molecule has 0 N–H and O–H groups in total. The number of alkyl halides is 6. The highest BCUT2D eigenvalue weighted by Gasteiger charge is 2.37. The molecular formula is C24H18F8O3. The Morgan fingerprint density at radius 3 is 1.63 bits per heavy atom. The Balaban J connectivity index is 1.72. The number of ether oxygens (including phenoxy) is 3. The first-order valence-corrected chi connectivity index (χ1v) is 10.2. The average Bonchev–Trinajstić information content (AvgIpc) is 2.77. The molecule has 3 aromatic rings. The molecule has 188 valence electrons. The van der Waals surface area contributed by atoms with E-state index in [4.69, 9.17) is 0 Å². The molecule has 0 unspecified atom stereocenters. The topological polar surface area (TPSA) is 27.7 Å². The quantitative estimate of drug-likeness (QED) is 0.263. The van der Waals surface area contributed by atoms with Crippen LogP contribution in [-0.4, -0.2) is 6.61 Å². The summed E-state index contributed by atoms with van der Waals surface area (Å²) in [6, 6.07) is 9.07. The Labute approximate surface area is 194 Å². The minimum atomic E-state index is -4.17. The molecule has 11 heteroatoms. The number of hydrogen-bond acceptors (Lipinski definition) is 3. The van der Waals surface area contributed by atoms with Gasteiger partial charge in [-0.15, -0.1) is 0 Å². The zero-order chi connectivity index (χ0) is 25.8. The molecule has 0 heterocycles. The molecule has 0 aliphatic carbocycles. The molecule has 3 aromatic carbocycles. The zero-order valence-corrected chi connectivity index (χ0v) is 18.0. The summed E-state index contributed by atoms with van der Waals surface area (Å²) in [4.78, 5) is 0. The summed E-state index contributed by atoms with van der Waals surface area (Å²) in [6.07, 6.45) is -6.35. The van der Waals surface area contributed by atoms with E-state index >= 15 is 0 Å². The molecule has 0 radical (unpaired) electrons. The molecular weight excluding hydrogens is 488 g/mol. The van der Waals surface area contributed by atoms with Crippen LogP contribution in [-0.2, 0) is 18.6 Å². The van der Waals surface area contributed by atoms with Gasteiger partial charge in [0.25, 0.3) is 0 Å². The largest absolute Gasteiger partial charge is 0.429 e. The third kappa shape index (κ3) is 6.55. The van der Waals surface area contributed by atoms with Crippen molar-refractivity contribution in [3.8, 4) is 17.2 Å². The lowest BCUT2D eigenvalue weighted by Crippen LogP contribution is -2.23. The second-order valence-corrected chi connectivity index (χ2v) is 7.30. The summed E-state index contributed by atoms with van der Waals surface area (Å²) in [5.41, 5.74) is -0.418. The Kier molecular flexibility index (Phi) is 7.76. The van der Waals surface area contributed by atoms with Crippen molar-refractivity contribution >= 4 is 0 Å². The highest BCUT2D eigenvalue weighted by molar-refractivity contribution is 5.36. The maximum Gasteiger partial charge on any atom is 0.426 e. The number of aryl methyl sites for hydroxylation is 1. The summed E-state index contributed by atoms with van der Waals surface area (Å²) in [5.74, 6) is -6.30. The molecule has 3 rings (SSSR count). The highest BCUT2D eigenvalue weighted by Crippen LogP contribution is 2.37. The lowest BCUT2D eigenvalue weighted by molar-refractivity contribution is -0.187. The number of benzene rings is 3. The third-order valence-corrected chi connectivity index (χ3v) is 4.69. The van der Waals surface area contributed by atoms with E-state index in [1.54, 1.807) is 0 Å². The minimum absolute atomic E-state index is 0.235. The molecule has 0 saturated heterocycles. The molecule has 0 aromatic heterocycles. The van der Waals surface area contributed by atoms with Crippen LogP contribution in [0.1, 0.15) is 30.0 Å². The van der Waals surface area contributed by atoms with Gasteiger partial charge in [-0.25, -0.2) is 8.78 Å². The van der Waals surface area contributed by atoms with Crippen LogP contribution in [0.3, 0.4) is 0 Å². The van der Waals surface area contributed by atoms with Gasteiger partial charge in [-0.2, -0.15) is 26.3 Å². The van der Waals surface area contributed by atoms with Crippen LogP contribution in [0.2, 0.25) is 0 Å². The van der Waals surface area contributed by atoms with Gasteiger partial charge in [0.2, 0.25) is 0 Å². The van der Waals surface area contributed by atoms with Crippen LogP contribution >= 0.6 is 0 Å². The molecule has 0 aliphatic rings.